The van der Waals surface area contributed by atoms with Crippen LogP contribution in [-0.4, -0.2) is 30.4 Å². The van der Waals surface area contributed by atoms with Crippen molar-refractivity contribution in [3.05, 3.63) is 42.5 Å². The van der Waals surface area contributed by atoms with Crippen LogP contribution in [0.3, 0.4) is 0 Å². The van der Waals surface area contributed by atoms with E-state index in [4.69, 9.17) is 4.74 Å². The molecule has 0 saturated carbocycles. The summed E-state index contributed by atoms with van der Waals surface area (Å²) in [7, 11) is 0. The maximum atomic E-state index is 10.7. The van der Waals surface area contributed by atoms with Crippen molar-refractivity contribution in [2.24, 2.45) is 0 Å². The molecule has 0 amide bonds. The van der Waals surface area contributed by atoms with Gasteiger partial charge in [0.15, 0.2) is 0 Å². The molecule has 1 rings (SSSR count). The molecule has 0 bridgehead atoms. The highest BCUT2D eigenvalue weighted by Crippen LogP contribution is 2.11. The fourth-order valence-corrected chi connectivity index (χ4v) is 1.11. The van der Waals surface area contributed by atoms with Gasteiger partial charge in [-0.1, -0.05) is 24.3 Å². The molecule has 0 aliphatic heterocycles. The number of esters is 1. The van der Waals surface area contributed by atoms with Crippen LogP contribution >= 0.6 is 0 Å². The molecule has 1 atom stereocenters. The van der Waals surface area contributed by atoms with Gasteiger partial charge in [0.1, 0.15) is 25.1 Å². The van der Waals surface area contributed by atoms with E-state index in [2.05, 4.69) is 11.3 Å². The first kappa shape index (κ1) is 13.3. The van der Waals surface area contributed by atoms with Crippen LogP contribution in [0.4, 0.5) is 0 Å². The van der Waals surface area contributed by atoms with Gasteiger partial charge in [-0.25, -0.2) is 4.79 Å². The maximum absolute atomic E-state index is 10.7. The number of carbonyl (C=O) groups excluding carboxylic acids is 1. The Kier molecular flexibility index (Phi) is 5.23. The monoisotopic (exact) mass is 236 g/mol. The maximum Gasteiger partial charge on any atom is 0.330 e. The molecular weight excluding hydrogens is 220 g/mol. The quantitative estimate of drug-likeness (QED) is 0.600. The average molecular weight is 236 g/mol. The van der Waals surface area contributed by atoms with Crippen molar-refractivity contribution in [2.75, 3.05) is 13.2 Å². The van der Waals surface area contributed by atoms with Crippen molar-refractivity contribution < 1.29 is 19.4 Å². The van der Waals surface area contributed by atoms with E-state index in [-0.39, 0.29) is 13.2 Å². The van der Waals surface area contributed by atoms with Gasteiger partial charge in [-0.3, -0.25) is 0 Å². The molecule has 0 aliphatic carbocycles. The second-order valence-electron chi connectivity index (χ2n) is 3.61. The Balaban J connectivity index is 2.28. The minimum absolute atomic E-state index is 0.0769. The number of rotatable bonds is 6. The van der Waals surface area contributed by atoms with Crippen LogP contribution in [0, 0.1) is 6.92 Å². The van der Waals surface area contributed by atoms with Crippen LogP contribution in [-0.2, 0) is 9.53 Å². The Morgan fingerprint density at radius 2 is 2.06 bits per heavy atom. The lowest BCUT2D eigenvalue weighted by Gasteiger charge is -2.12. The summed E-state index contributed by atoms with van der Waals surface area (Å²) in [6.07, 6.45) is 0.202. The zero-order chi connectivity index (χ0) is 12.7. The molecule has 92 valence electrons. The van der Waals surface area contributed by atoms with Gasteiger partial charge in [-0.05, 0) is 19.1 Å². The van der Waals surface area contributed by atoms with Crippen molar-refractivity contribution in [1.29, 1.82) is 0 Å². The predicted molar refractivity (Wildman–Crippen MR) is 63.8 cm³/mol. The van der Waals surface area contributed by atoms with Gasteiger partial charge >= 0.3 is 5.97 Å². The van der Waals surface area contributed by atoms with E-state index in [0.29, 0.717) is 5.75 Å². The van der Waals surface area contributed by atoms with Gasteiger partial charge in [0.25, 0.3) is 0 Å². The van der Waals surface area contributed by atoms with Crippen LogP contribution in [0.5, 0.6) is 5.75 Å². The van der Waals surface area contributed by atoms with E-state index in [0.717, 1.165) is 11.6 Å². The molecule has 0 radical (unpaired) electrons. The Labute approximate surface area is 100 Å². The van der Waals surface area contributed by atoms with Crippen LogP contribution in [0.25, 0.3) is 0 Å². The lowest BCUT2D eigenvalue weighted by atomic mass is 10.2. The number of aliphatic hydroxyl groups excluding tert-OH is 1. The number of aryl methyl sites for hydroxylation is 1. The van der Waals surface area contributed by atoms with Crippen molar-refractivity contribution in [3.63, 3.8) is 0 Å². The second-order valence-corrected chi connectivity index (χ2v) is 3.61. The average Bonchev–Trinajstić information content (AvgIpc) is 2.35. The molecule has 0 spiro atoms. The van der Waals surface area contributed by atoms with E-state index in [1.54, 1.807) is 0 Å². The molecular formula is C13H16O4. The standard InChI is InChI=1S/C13H16O4/c1-3-13(15)17-9-11(14)8-16-12-6-4-10(2)5-7-12/h3-7,11,14H,1,8-9H2,2H3. The van der Waals surface area contributed by atoms with Crippen molar-refractivity contribution in [1.82, 2.24) is 0 Å². The zero-order valence-corrected chi connectivity index (χ0v) is 9.76. The number of carbonyl (C=O) groups is 1. The van der Waals surface area contributed by atoms with Gasteiger partial charge in [-0.15, -0.1) is 0 Å². The molecule has 1 aromatic carbocycles. The van der Waals surface area contributed by atoms with E-state index >= 15 is 0 Å². The number of hydrogen-bond acceptors (Lipinski definition) is 4. The highest BCUT2D eigenvalue weighted by atomic mass is 16.5. The summed E-state index contributed by atoms with van der Waals surface area (Å²) in [5.74, 6) is 0.115. The van der Waals surface area contributed by atoms with Gasteiger partial charge in [0.2, 0.25) is 0 Å². The summed E-state index contributed by atoms with van der Waals surface area (Å²) in [5.41, 5.74) is 1.14. The van der Waals surface area contributed by atoms with E-state index < -0.39 is 12.1 Å². The van der Waals surface area contributed by atoms with Crippen LogP contribution in [0.2, 0.25) is 0 Å². The number of aliphatic hydroxyl groups is 1. The fourth-order valence-electron chi connectivity index (χ4n) is 1.11. The van der Waals surface area contributed by atoms with Gasteiger partial charge in [0.05, 0.1) is 0 Å². The van der Waals surface area contributed by atoms with E-state index in [1.807, 2.05) is 31.2 Å². The summed E-state index contributed by atoms with van der Waals surface area (Å²) in [5, 5.41) is 9.47. The van der Waals surface area contributed by atoms with E-state index in [9.17, 15) is 9.90 Å². The molecule has 4 heteroatoms. The Bertz CT molecular complexity index is 370. The predicted octanol–water partition coefficient (Wildman–Crippen LogP) is 1.46. The summed E-state index contributed by atoms with van der Waals surface area (Å²) < 4.78 is 10.00. The van der Waals surface area contributed by atoms with Crippen LogP contribution in [0.1, 0.15) is 5.56 Å². The topological polar surface area (TPSA) is 55.8 Å². The third-order valence-electron chi connectivity index (χ3n) is 2.05. The summed E-state index contributed by atoms with van der Waals surface area (Å²) in [4.78, 5) is 10.7. The SMILES string of the molecule is C=CC(=O)OCC(O)COc1ccc(C)cc1. The third-order valence-corrected chi connectivity index (χ3v) is 2.05. The zero-order valence-electron chi connectivity index (χ0n) is 9.76. The molecule has 0 aliphatic rings. The van der Waals surface area contributed by atoms with Gasteiger partial charge in [0, 0.05) is 6.08 Å². The molecule has 0 fully saturated rings. The lowest BCUT2D eigenvalue weighted by Crippen LogP contribution is -2.24. The normalized spacial score (nSPS) is 11.6. The molecule has 0 saturated heterocycles. The number of ether oxygens (including phenoxy) is 2. The minimum atomic E-state index is -0.847. The van der Waals surface area contributed by atoms with Crippen molar-refractivity contribution >= 4 is 5.97 Å². The lowest BCUT2D eigenvalue weighted by molar-refractivity contribution is -0.141. The molecule has 1 aromatic rings. The summed E-state index contributed by atoms with van der Waals surface area (Å²) in [6, 6.07) is 7.47. The number of hydrogen-bond donors (Lipinski definition) is 1. The molecule has 4 nitrogen and oxygen atoms in total. The molecule has 0 aromatic heterocycles. The Morgan fingerprint density at radius 3 is 2.65 bits per heavy atom. The minimum Gasteiger partial charge on any atom is -0.491 e. The summed E-state index contributed by atoms with van der Waals surface area (Å²) >= 11 is 0. The Morgan fingerprint density at radius 1 is 1.41 bits per heavy atom. The van der Waals surface area contributed by atoms with Crippen molar-refractivity contribution in [2.45, 2.75) is 13.0 Å². The molecule has 0 heterocycles. The first-order chi connectivity index (χ1) is 8.11. The van der Waals surface area contributed by atoms with Crippen LogP contribution < -0.4 is 4.74 Å². The van der Waals surface area contributed by atoms with E-state index in [1.165, 1.54) is 0 Å². The largest absolute Gasteiger partial charge is 0.491 e. The molecule has 1 unspecified atom stereocenters. The Hall–Kier alpha value is -1.81. The van der Waals surface area contributed by atoms with Crippen molar-refractivity contribution in [3.8, 4) is 5.75 Å². The number of benzene rings is 1. The fraction of sp³-hybridized carbons (Fsp3) is 0.308. The third kappa shape index (κ3) is 5.17. The van der Waals surface area contributed by atoms with Gasteiger partial charge < -0.3 is 14.6 Å². The molecule has 1 N–H and O–H groups in total. The van der Waals surface area contributed by atoms with Gasteiger partial charge in [-0.2, -0.15) is 0 Å². The molecule has 17 heavy (non-hydrogen) atoms. The van der Waals surface area contributed by atoms with Crippen LogP contribution in [0.15, 0.2) is 36.9 Å². The highest BCUT2D eigenvalue weighted by Gasteiger charge is 2.07. The highest BCUT2D eigenvalue weighted by molar-refractivity contribution is 5.81. The summed E-state index contributed by atoms with van der Waals surface area (Å²) in [6.45, 7) is 5.21. The first-order valence-corrected chi connectivity index (χ1v) is 5.28. The second kappa shape index (κ2) is 6.70. The first-order valence-electron chi connectivity index (χ1n) is 5.28. The smallest absolute Gasteiger partial charge is 0.330 e.